The summed E-state index contributed by atoms with van der Waals surface area (Å²) in [5, 5.41) is 13.7. The fourth-order valence-corrected chi connectivity index (χ4v) is 1.51. The van der Waals surface area contributed by atoms with Crippen LogP contribution in [-0.2, 0) is 0 Å². The van der Waals surface area contributed by atoms with Gasteiger partial charge >= 0.3 is 6.18 Å². The molecule has 16 heavy (non-hydrogen) atoms. The third kappa shape index (κ3) is 1.47. The summed E-state index contributed by atoms with van der Waals surface area (Å²) < 4.78 is 42.8. The number of nitrogens with zero attached hydrogens (tertiary/aromatic N) is 2. The van der Waals surface area contributed by atoms with E-state index >= 15 is 0 Å². The second-order valence-electron chi connectivity index (χ2n) is 3.54. The van der Waals surface area contributed by atoms with Crippen molar-refractivity contribution < 1.29 is 22.7 Å². The van der Waals surface area contributed by atoms with Crippen LogP contribution in [0.25, 0.3) is 0 Å². The minimum Gasteiger partial charge on any atom is -0.463 e. The number of halogens is 3. The second kappa shape index (κ2) is 3.24. The number of hydrogen-bond acceptors (Lipinski definition) is 4. The van der Waals surface area contributed by atoms with Gasteiger partial charge in [0, 0.05) is 7.05 Å². The average molecular weight is 234 g/mol. The molecule has 2 rings (SSSR count). The van der Waals surface area contributed by atoms with Crippen molar-refractivity contribution >= 4 is 5.71 Å². The van der Waals surface area contributed by atoms with Crippen molar-refractivity contribution in [2.45, 2.75) is 18.3 Å². The van der Waals surface area contributed by atoms with Gasteiger partial charge in [0.2, 0.25) is 0 Å². The summed E-state index contributed by atoms with van der Waals surface area (Å²) in [4.78, 5) is 0. The van der Waals surface area contributed by atoms with Crippen molar-refractivity contribution in [1.82, 2.24) is 5.01 Å². The van der Waals surface area contributed by atoms with Gasteiger partial charge in [0.1, 0.15) is 11.5 Å². The van der Waals surface area contributed by atoms with Gasteiger partial charge in [-0.3, -0.25) is 5.01 Å². The van der Waals surface area contributed by atoms with Crippen molar-refractivity contribution in [3.8, 4) is 0 Å². The number of alkyl halides is 3. The van der Waals surface area contributed by atoms with Crippen molar-refractivity contribution in [2.24, 2.45) is 5.10 Å². The van der Waals surface area contributed by atoms with E-state index in [0.29, 0.717) is 5.01 Å². The predicted molar refractivity (Wildman–Crippen MR) is 48.6 cm³/mol. The van der Waals surface area contributed by atoms with E-state index in [1.54, 1.807) is 6.07 Å². The Labute approximate surface area is 89.0 Å². The van der Waals surface area contributed by atoms with Gasteiger partial charge in [0.05, 0.1) is 12.7 Å². The van der Waals surface area contributed by atoms with Gasteiger partial charge in [-0.2, -0.15) is 18.3 Å². The summed E-state index contributed by atoms with van der Waals surface area (Å²) in [5.74, 6) is 0.229. The highest BCUT2D eigenvalue weighted by Crippen LogP contribution is 2.40. The van der Waals surface area contributed by atoms with E-state index in [4.69, 9.17) is 4.42 Å². The molecule has 1 aliphatic rings. The fraction of sp³-hybridized carbons (Fsp3) is 0.444. The zero-order chi connectivity index (χ0) is 12.0. The van der Waals surface area contributed by atoms with Crippen molar-refractivity contribution in [1.29, 1.82) is 0 Å². The molecule has 7 heteroatoms. The zero-order valence-corrected chi connectivity index (χ0v) is 8.32. The maximum atomic E-state index is 12.6. The number of rotatable bonds is 1. The Morgan fingerprint density at radius 2 is 2.25 bits per heavy atom. The Morgan fingerprint density at radius 1 is 1.56 bits per heavy atom. The summed E-state index contributed by atoms with van der Waals surface area (Å²) in [7, 11) is 1.07. The monoisotopic (exact) mass is 234 g/mol. The highest BCUT2D eigenvalue weighted by molar-refractivity contribution is 5.99. The quantitative estimate of drug-likeness (QED) is 0.802. The third-order valence-electron chi connectivity index (χ3n) is 2.48. The molecular weight excluding hydrogens is 225 g/mol. The van der Waals surface area contributed by atoms with Crippen LogP contribution in [0.1, 0.15) is 12.2 Å². The Kier molecular flexibility index (Phi) is 2.23. The Hall–Kier alpha value is -1.50. The molecule has 88 valence electrons. The molecule has 0 bridgehead atoms. The molecule has 1 aliphatic heterocycles. The van der Waals surface area contributed by atoms with Gasteiger partial charge in [0.15, 0.2) is 0 Å². The molecule has 0 aliphatic carbocycles. The van der Waals surface area contributed by atoms with E-state index in [-0.39, 0.29) is 11.5 Å². The molecular formula is C9H9F3N2O2. The Morgan fingerprint density at radius 3 is 2.69 bits per heavy atom. The fourth-order valence-electron chi connectivity index (χ4n) is 1.51. The molecule has 1 atom stereocenters. The van der Waals surface area contributed by atoms with Crippen molar-refractivity contribution in [3.05, 3.63) is 24.2 Å². The standard InChI is InChI=1S/C9H9F3N2O2/c1-14-8(15,9(10,11)12)5-6(13-14)7-3-2-4-16-7/h2-4,15H,5H2,1H3. The topological polar surface area (TPSA) is 49.0 Å². The largest absolute Gasteiger partial charge is 0.463 e. The molecule has 0 radical (unpaired) electrons. The molecule has 0 aromatic carbocycles. The number of furan rings is 1. The number of hydrogen-bond donors (Lipinski definition) is 1. The van der Waals surface area contributed by atoms with E-state index in [1.165, 1.54) is 12.3 Å². The van der Waals surface area contributed by atoms with Crippen molar-refractivity contribution in [2.75, 3.05) is 7.05 Å². The zero-order valence-electron chi connectivity index (χ0n) is 8.32. The molecule has 4 nitrogen and oxygen atoms in total. The minimum atomic E-state index is -4.76. The lowest BCUT2D eigenvalue weighted by molar-refractivity contribution is -0.303. The van der Waals surface area contributed by atoms with E-state index in [2.05, 4.69) is 5.10 Å². The van der Waals surface area contributed by atoms with Crippen LogP contribution >= 0.6 is 0 Å². The molecule has 1 unspecified atom stereocenters. The maximum Gasteiger partial charge on any atom is 0.438 e. The van der Waals surface area contributed by atoms with Gasteiger partial charge in [-0.1, -0.05) is 0 Å². The first-order valence-electron chi connectivity index (χ1n) is 4.49. The molecule has 0 fully saturated rings. The van der Waals surface area contributed by atoms with Crippen molar-refractivity contribution in [3.63, 3.8) is 0 Å². The first-order valence-corrected chi connectivity index (χ1v) is 4.49. The molecule has 0 saturated carbocycles. The van der Waals surface area contributed by atoms with Crippen LogP contribution in [0.3, 0.4) is 0 Å². The molecule has 0 amide bonds. The smallest absolute Gasteiger partial charge is 0.438 e. The normalized spacial score (nSPS) is 26.1. The van der Waals surface area contributed by atoms with Crippen LogP contribution in [0.2, 0.25) is 0 Å². The molecule has 1 N–H and O–H groups in total. The van der Waals surface area contributed by atoms with Crippen LogP contribution in [0.15, 0.2) is 27.9 Å². The van der Waals surface area contributed by atoms with Gasteiger partial charge in [-0.05, 0) is 12.1 Å². The van der Waals surface area contributed by atoms with Gasteiger partial charge in [0.25, 0.3) is 5.72 Å². The molecule has 0 spiro atoms. The highest BCUT2D eigenvalue weighted by Gasteiger charge is 2.60. The van der Waals surface area contributed by atoms with Crippen LogP contribution in [0, 0.1) is 0 Å². The predicted octanol–water partition coefficient (Wildman–Crippen LogP) is 1.57. The number of aliphatic hydroxyl groups is 1. The Balaban J connectivity index is 2.29. The summed E-state index contributed by atoms with van der Waals surface area (Å²) in [6.07, 6.45) is -4.07. The van der Waals surface area contributed by atoms with E-state index in [1.807, 2.05) is 0 Å². The summed E-state index contributed by atoms with van der Waals surface area (Å²) >= 11 is 0. The lowest BCUT2D eigenvalue weighted by atomic mass is 10.1. The molecule has 0 saturated heterocycles. The van der Waals surface area contributed by atoms with Crippen LogP contribution in [0.5, 0.6) is 0 Å². The van der Waals surface area contributed by atoms with E-state index in [0.717, 1.165) is 7.05 Å². The molecule has 2 heterocycles. The van der Waals surface area contributed by atoms with E-state index < -0.39 is 18.3 Å². The van der Waals surface area contributed by atoms with Gasteiger partial charge < -0.3 is 9.52 Å². The van der Waals surface area contributed by atoms with E-state index in [9.17, 15) is 18.3 Å². The SMILES string of the molecule is CN1N=C(c2ccco2)CC1(O)C(F)(F)F. The Bertz CT molecular complexity index is 413. The minimum absolute atomic E-state index is 0.0762. The summed E-state index contributed by atoms with van der Waals surface area (Å²) in [6, 6.07) is 3.04. The van der Waals surface area contributed by atoms with Crippen LogP contribution < -0.4 is 0 Å². The maximum absolute atomic E-state index is 12.6. The third-order valence-corrected chi connectivity index (χ3v) is 2.48. The second-order valence-corrected chi connectivity index (χ2v) is 3.54. The van der Waals surface area contributed by atoms with Gasteiger partial charge in [-0.25, -0.2) is 0 Å². The molecule has 1 aromatic rings. The first-order chi connectivity index (χ1) is 7.34. The highest BCUT2D eigenvalue weighted by atomic mass is 19.4. The lowest BCUT2D eigenvalue weighted by Crippen LogP contribution is -2.53. The first kappa shape index (κ1) is 11.0. The van der Waals surface area contributed by atoms with Gasteiger partial charge in [-0.15, -0.1) is 0 Å². The summed E-state index contributed by atoms with van der Waals surface area (Å²) in [6.45, 7) is 0. The summed E-state index contributed by atoms with van der Waals surface area (Å²) in [5.41, 5.74) is -2.87. The van der Waals surface area contributed by atoms with Crippen LogP contribution in [0.4, 0.5) is 13.2 Å². The van der Waals surface area contributed by atoms with Crippen LogP contribution in [-0.4, -0.2) is 34.8 Å². The molecule has 1 aromatic heterocycles. The lowest BCUT2D eigenvalue weighted by Gasteiger charge is -2.31. The number of hydrazone groups is 1. The average Bonchev–Trinajstić information content (AvgIpc) is 2.74.